The highest BCUT2D eigenvalue weighted by atomic mass is 15.2. The molecule has 0 aliphatic rings. The fraction of sp³-hybridized carbons (Fsp3) is 0.778. The van der Waals surface area contributed by atoms with Gasteiger partial charge < -0.3 is 0 Å². The SMILES string of the molecule is CC(C)=CC(NN)C(C)(C)C. The molecule has 1 atom stereocenters. The van der Waals surface area contributed by atoms with Crippen LogP contribution in [-0.4, -0.2) is 6.04 Å². The molecule has 0 aromatic rings. The van der Waals surface area contributed by atoms with E-state index in [0.717, 1.165) is 0 Å². The first-order chi connectivity index (χ1) is 4.88. The van der Waals surface area contributed by atoms with E-state index in [-0.39, 0.29) is 11.5 Å². The average Bonchev–Trinajstić information content (AvgIpc) is 1.79. The normalized spacial score (nSPS) is 14.4. The molecule has 0 aliphatic heterocycles. The molecule has 0 aromatic carbocycles. The average molecular weight is 156 g/mol. The van der Waals surface area contributed by atoms with Gasteiger partial charge >= 0.3 is 0 Å². The van der Waals surface area contributed by atoms with E-state index in [2.05, 4.69) is 46.1 Å². The van der Waals surface area contributed by atoms with E-state index in [1.807, 2.05) is 0 Å². The van der Waals surface area contributed by atoms with Crippen LogP contribution in [0.5, 0.6) is 0 Å². The third-order valence-electron chi connectivity index (χ3n) is 1.61. The van der Waals surface area contributed by atoms with Gasteiger partial charge in [0.05, 0.1) is 0 Å². The molecule has 1 unspecified atom stereocenters. The molecule has 2 heteroatoms. The maximum absolute atomic E-state index is 5.41. The zero-order chi connectivity index (χ0) is 9.07. The van der Waals surface area contributed by atoms with Crippen molar-refractivity contribution in [3.63, 3.8) is 0 Å². The van der Waals surface area contributed by atoms with Crippen LogP contribution in [0.1, 0.15) is 34.6 Å². The minimum Gasteiger partial charge on any atom is -0.271 e. The van der Waals surface area contributed by atoms with Gasteiger partial charge in [-0.3, -0.25) is 11.3 Å². The third-order valence-corrected chi connectivity index (χ3v) is 1.61. The van der Waals surface area contributed by atoms with E-state index >= 15 is 0 Å². The Labute approximate surface area is 69.8 Å². The predicted octanol–water partition coefficient (Wildman–Crippen LogP) is 1.83. The van der Waals surface area contributed by atoms with E-state index in [4.69, 9.17) is 5.84 Å². The largest absolute Gasteiger partial charge is 0.271 e. The molecule has 0 aliphatic carbocycles. The van der Waals surface area contributed by atoms with E-state index < -0.39 is 0 Å². The van der Waals surface area contributed by atoms with Gasteiger partial charge in [0.25, 0.3) is 0 Å². The summed E-state index contributed by atoms with van der Waals surface area (Å²) in [5.41, 5.74) is 4.28. The van der Waals surface area contributed by atoms with Crippen molar-refractivity contribution in [2.24, 2.45) is 11.3 Å². The first kappa shape index (κ1) is 10.7. The van der Waals surface area contributed by atoms with Crippen molar-refractivity contribution in [3.8, 4) is 0 Å². The Kier molecular flexibility index (Phi) is 3.76. The van der Waals surface area contributed by atoms with Crippen LogP contribution in [0.15, 0.2) is 11.6 Å². The molecular formula is C9H20N2. The molecule has 0 fully saturated rings. The molecule has 0 rings (SSSR count). The highest BCUT2D eigenvalue weighted by Gasteiger charge is 2.20. The van der Waals surface area contributed by atoms with E-state index in [0.29, 0.717) is 0 Å². The highest BCUT2D eigenvalue weighted by Crippen LogP contribution is 2.20. The zero-order valence-corrected chi connectivity index (χ0v) is 8.23. The second-order valence-electron chi connectivity index (χ2n) is 4.25. The fourth-order valence-electron chi connectivity index (χ4n) is 0.881. The lowest BCUT2D eigenvalue weighted by Crippen LogP contribution is -2.43. The number of rotatable bonds is 2. The molecule has 2 nitrogen and oxygen atoms in total. The molecule has 0 saturated heterocycles. The standard InChI is InChI=1S/C9H20N2/c1-7(2)6-8(11-10)9(3,4)5/h6,8,11H,10H2,1-5H3. The number of hydrogen-bond acceptors (Lipinski definition) is 2. The third kappa shape index (κ3) is 4.17. The fourth-order valence-corrected chi connectivity index (χ4v) is 0.881. The Morgan fingerprint density at radius 2 is 1.82 bits per heavy atom. The van der Waals surface area contributed by atoms with Crippen molar-refractivity contribution < 1.29 is 0 Å². The van der Waals surface area contributed by atoms with Crippen molar-refractivity contribution in [1.29, 1.82) is 0 Å². The summed E-state index contributed by atoms with van der Waals surface area (Å²) < 4.78 is 0. The van der Waals surface area contributed by atoms with Crippen LogP contribution in [0.3, 0.4) is 0 Å². The second kappa shape index (κ2) is 3.88. The molecule has 0 radical (unpaired) electrons. The van der Waals surface area contributed by atoms with Gasteiger partial charge in [0.1, 0.15) is 0 Å². The lowest BCUT2D eigenvalue weighted by atomic mass is 9.86. The first-order valence-electron chi connectivity index (χ1n) is 3.99. The Balaban J connectivity index is 4.31. The Morgan fingerprint density at radius 1 is 1.36 bits per heavy atom. The highest BCUT2D eigenvalue weighted by molar-refractivity contribution is 5.04. The molecule has 3 N–H and O–H groups in total. The zero-order valence-electron chi connectivity index (χ0n) is 8.23. The maximum atomic E-state index is 5.41. The molecule has 0 heterocycles. The van der Waals surface area contributed by atoms with Gasteiger partial charge in [0.2, 0.25) is 0 Å². The molecule has 0 aromatic heterocycles. The van der Waals surface area contributed by atoms with Crippen LogP contribution in [0.25, 0.3) is 0 Å². The number of allylic oxidation sites excluding steroid dienone is 1. The van der Waals surface area contributed by atoms with Gasteiger partial charge in [-0.15, -0.1) is 0 Å². The van der Waals surface area contributed by atoms with Gasteiger partial charge in [-0.2, -0.15) is 0 Å². The summed E-state index contributed by atoms with van der Waals surface area (Å²) in [6.07, 6.45) is 2.15. The summed E-state index contributed by atoms with van der Waals surface area (Å²) >= 11 is 0. The van der Waals surface area contributed by atoms with Crippen LogP contribution in [-0.2, 0) is 0 Å². The lowest BCUT2D eigenvalue weighted by molar-refractivity contribution is 0.316. The van der Waals surface area contributed by atoms with Crippen LogP contribution >= 0.6 is 0 Å². The molecule has 0 bridgehead atoms. The Morgan fingerprint density at radius 3 is 1.91 bits per heavy atom. The quantitative estimate of drug-likeness (QED) is 0.363. The topological polar surface area (TPSA) is 38.0 Å². The van der Waals surface area contributed by atoms with E-state index in [1.165, 1.54) is 5.57 Å². The second-order valence-corrected chi connectivity index (χ2v) is 4.25. The smallest absolute Gasteiger partial charge is 0.0441 e. The van der Waals surface area contributed by atoms with Gasteiger partial charge in [0, 0.05) is 6.04 Å². The summed E-state index contributed by atoms with van der Waals surface area (Å²) in [6.45, 7) is 10.6. The van der Waals surface area contributed by atoms with Crippen molar-refractivity contribution >= 4 is 0 Å². The number of nitrogens with two attached hydrogens (primary N) is 1. The lowest BCUT2D eigenvalue weighted by Gasteiger charge is -2.27. The number of hydrazine groups is 1. The van der Waals surface area contributed by atoms with E-state index in [9.17, 15) is 0 Å². The minimum absolute atomic E-state index is 0.187. The molecule has 0 saturated carbocycles. The molecule has 0 spiro atoms. The van der Waals surface area contributed by atoms with Crippen LogP contribution in [0.2, 0.25) is 0 Å². The van der Waals surface area contributed by atoms with Crippen LogP contribution in [0, 0.1) is 5.41 Å². The summed E-state index contributed by atoms with van der Waals surface area (Å²) in [4.78, 5) is 0. The number of nitrogens with one attached hydrogen (secondary N) is 1. The molecule has 0 amide bonds. The maximum Gasteiger partial charge on any atom is 0.0441 e. The van der Waals surface area contributed by atoms with E-state index in [1.54, 1.807) is 0 Å². The minimum atomic E-state index is 0.187. The Bertz CT molecular complexity index is 138. The summed E-state index contributed by atoms with van der Waals surface area (Å²) in [5, 5.41) is 0. The van der Waals surface area contributed by atoms with Gasteiger partial charge in [-0.25, -0.2) is 0 Å². The van der Waals surface area contributed by atoms with Crippen molar-refractivity contribution in [2.45, 2.75) is 40.7 Å². The van der Waals surface area contributed by atoms with Crippen molar-refractivity contribution in [2.75, 3.05) is 0 Å². The van der Waals surface area contributed by atoms with Crippen molar-refractivity contribution in [3.05, 3.63) is 11.6 Å². The Hall–Kier alpha value is -0.340. The van der Waals surface area contributed by atoms with Crippen LogP contribution < -0.4 is 11.3 Å². The molecule has 11 heavy (non-hydrogen) atoms. The summed E-state index contributed by atoms with van der Waals surface area (Å²) in [7, 11) is 0. The predicted molar refractivity (Wildman–Crippen MR) is 50.0 cm³/mol. The molecule has 66 valence electrons. The molecular weight excluding hydrogens is 136 g/mol. The van der Waals surface area contributed by atoms with Gasteiger partial charge in [0.15, 0.2) is 0 Å². The van der Waals surface area contributed by atoms with Gasteiger partial charge in [-0.1, -0.05) is 32.4 Å². The van der Waals surface area contributed by atoms with Crippen molar-refractivity contribution in [1.82, 2.24) is 5.43 Å². The summed E-state index contributed by atoms with van der Waals surface area (Å²) in [5.74, 6) is 5.41. The summed E-state index contributed by atoms with van der Waals surface area (Å²) in [6, 6.07) is 0.257. The monoisotopic (exact) mass is 156 g/mol. The van der Waals surface area contributed by atoms with Gasteiger partial charge in [-0.05, 0) is 19.3 Å². The first-order valence-corrected chi connectivity index (χ1v) is 3.99. The number of hydrogen-bond donors (Lipinski definition) is 2. The van der Waals surface area contributed by atoms with Crippen LogP contribution in [0.4, 0.5) is 0 Å².